The van der Waals surface area contributed by atoms with Gasteiger partial charge in [0.25, 0.3) is 5.91 Å². The van der Waals surface area contributed by atoms with Gasteiger partial charge in [-0.3, -0.25) is 4.79 Å². The summed E-state index contributed by atoms with van der Waals surface area (Å²) in [6.07, 6.45) is 6.53. The van der Waals surface area contributed by atoms with Crippen LogP contribution in [0.1, 0.15) is 24.8 Å². The number of carbonyl (C=O) groups is 2. The molecule has 2 aromatic carbocycles. The maximum atomic E-state index is 12.1. The van der Waals surface area contributed by atoms with Crippen molar-refractivity contribution in [2.75, 3.05) is 44.1 Å². The van der Waals surface area contributed by atoms with E-state index in [2.05, 4.69) is 10.2 Å². The van der Waals surface area contributed by atoms with Gasteiger partial charge in [-0.2, -0.15) is 0 Å². The molecular weight excluding hydrogens is 396 g/mol. The van der Waals surface area contributed by atoms with Gasteiger partial charge in [-0.05, 0) is 61.7 Å². The molecule has 1 fully saturated rings. The van der Waals surface area contributed by atoms with E-state index in [1.807, 2.05) is 24.3 Å². The van der Waals surface area contributed by atoms with E-state index in [9.17, 15) is 9.59 Å². The highest BCUT2D eigenvalue weighted by molar-refractivity contribution is 5.94. The van der Waals surface area contributed by atoms with Crippen LogP contribution in [0.5, 0.6) is 11.5 Å². The van der Waals surface area contributed by atoms with Gasteiger partial charge in [0.2, 0.25) is 0 Å². The topological polar surface area (TPSA) is 77.1 Å². The lowest BCUT2D eigenvalue weighted by molar-refractivity contribution is -0.142. The van der Waals surface area contributed by atoms with Crippen molar-refractivity contribution in [3.8, 4) is 11.5 Å². The van der Waals surface area contributed by atoms with Gasteiger partial charge in [0.05, 0.1) is 14.2 Å². The average molecular weight is 424 g/mol. The largest absolute Gasteiger partial charge is 0.497 e. The molecule has 31 heavy (non-hydrogen) atoms. The molecule has 0 aromatic heterocycles. The van der Waals surface area contributed by atoms with E-state index in [-0.39, 0.29) is 6.61 Å². The van der Waals surface area contributed by atoms with E-state index in [4.69, 9.17) is 14.2 Å². The molecule has 0 bridgehead atoms. The Hall–Kier alpha value is -3.48. The Morgan fingerprint density at radius 2 is 1.74 bits per heavy atom. The molecule has 0 unspecified atom stereocenters. The van der Waals surface area contributed by atoms with Crippen LogP contribution in [0.25, 0.3) is 6.08 Å². The number of amides is 1. The lowest BCUT2D eigenvalue weighted by atomic mass is 10.1. The van der Waals surface area contributed by atoms with E-state index in [1.54, 1.807) is 31.4 Å². The zero-order valence-corrected chi connectivity index (χ0v) is 17.9. The van der Waals surface area contributed by atoms with Crippen LogP contribution in [-0.4, -0.2) is 45.8 Å². The van der Waals surface area contributed by atoms with Crippen molar-refractivity contribution in [2.45, 2.75) is 19.3 Å². The third-order valence-electron chi connectivity index (χ3n) is 5.06. The van der Waals surface area contributed by atoms with Crippen molar-refractivity contribution >= 4 is 29.3 Å². The first-order chi connectivity index (χ1) is 15.1. The molecule has 0 atom stereocenters. The van der Waals surface area contributed by atoms with Crippen LogP contribution in [0.3, 0.4) is 0 Å². The van der Waals surface area contributed by atoms with Crippen LogP contribution in [0.2, 0.25) is 0 Å². The number of carbonyl (C=O) groups excluding carboxylic acids is 2. The first-order valence-electron chi connectivity index (χ1n) is 10.3. The number of esters is 1. The molecule has 1 aliphatic heterocycles. The van der Waals surface area contributed by atoms with Crippen molar-refractivity contribution < 1.29 is 23.8 Å². The summed E-state index contributed by atoms with van der Waals surface area (Å²) in [6, 6.07) is 13.0. The first-order valence-corrected chi connectivity index (χ1v) is 10.3. The van der Waals surface area contributed by atoms with Crippen LogP contribution < -0.4 is 19.7 Å². The summed E-state index contributed by atoms with van der Waals surface area (Å²) in [6.45, 7) is 1.77. The summed E-state index contributed by atoms with van der Waals surface area (Å²) in [5.41, 5.74) is 2.52. The maximum absolute atomic E-state index is 12.1. The highest BCUT2D eigenvalue weighted by atomic mass is 16.5. The zero-order valence-electron chi connectivity index (χ0n) is 17.9. The highest BCUT2D eigenvalue weighted by Crippen LogP contribution is 2.25. The van der Waals surface area contributed by atoms with Gasteiger partial charge in [-0.25, -0.2) is 4.79 Å². The van der Waals surface area contributed by atoms with Gasteiger partial charge in [0, 0.05) is 42.2 Å². The predicted molar refractivity (Wildman–Crippen MR) is 121 cm³/mol. The minimum atomic E-state index is -0.617. The van der Waals surface area contributed by atoms with Gasteiger partial charge < -0.3 is 24.4 Å². The molecule has 1 N–H and O–H groups in total. The van der Waals surface area contributed by atoms with E-state index >= 15 is 0 Å². The third kappa shape index (κ3) is 6.50. The van der Waals surface area contributed by atoms with E-state index in [0.29, 0.717) is 22.7 Å². The Morgan fingerprint density at radius 3 is 2.42 bits per heavy atom. The molecule has 0 aliphatic carbocycles. The number of anilines is 2. The number of hydrogen-bond acceptors (Lipinski definition) is 6. The SMILES string of the molecule is COc1ccc(/C=C/C(=O)OCC(=O)Nc2ccc(N3CCCCC3)cc2)c(OC)c1. The number of hydrogen-bond donors (Lipinski definition) is 1. The Morgan fingerprint density at radius 1 is 1.00 bits per heavy atom. The molecule has 7 heteroatoms. The predicted octanol–water partition coefficient (Wildman–Crippen LogP) is 3.89. The summed E-state index contributed by atoms with van der Waals surface area (Å²) in [7, 11) is 3.10. The molecule has 0 spiro atoms. The first kappa shape index (κ1) is 22.2. The fourth-order valence-electron chi connectivity index (χ4n) is 3.40. The van der Waals surface area contributed by atoms with Gasteiger partial charge in [0.1, 0.15) is 11.5 Å². The van der Waals surface area contributed by atoms with Gasteiger partial charge >= 0.3 is 5.97 Å². The molecular formula is C24H28N2O5. The quantitative estimate of drug-likeness (QED) is 0.512. The third-order valence-corrected chi connectivity index (χ3v) is 5.06. The summed E-state index contributed by atoms with van der Waals surface area (Å²) in [4.78, 5) is 26.4. The molecule has 1 amide bonds. The molecule has 2 aromatic rings. The Kier molecular flexibility index (Phi) is 7.92. The Labute approximate surface area is 182 Å². The standard InChI is InChI=1S/C24H28N2O5/c1-29-21-12-6-18(22(16-21)30-2)7-13-24(28)31-17-23(27)25-19-8-10-20(11-9-19)26-14-4-3-5-15-26/h6-13,16H,3-5,14-15,17H2,1-2H3,(H,25,27)/b13-7+. The minimum Gasteiger partial charge on any atom is -0.497 e. The number of nitrogens with one attached hydrogen (secondary N) is 1. The molecule has 0 saturated carbocycles. The van der Waals surface area contributed by atoms with E-state index in [1.165, 1.54) is 32.4 Å². The number of piperidine rings is 1. The van der Waals surface area contributed by atoms with Crippen molar-refractivity contribution in [1.82, 2.24) is 0 Å². The van der Waals surface area contributed by atoms with Gasteiger partial charge in [0.15, 0.2) is 6.61 Å². The summed E-state index contributed by atoms with van der Waals surface area (Å²) in [5.74, 6) is 0.203. The summed E-state index contributed by atoms with van der Waals surface area (Å²) < 4.78 is 15.5. The Balaban J connectivity index is 1.47. The van der Waals surface area contributed by atoms with Crippen LogP contribution >= 0.6 is 0 Å². The molecule has 1 heterocycles. The van der Waals surface area contributed by atoms with E-state index < -0.39 is 11.9 Å². The van der Waals surface area contributed by atoms with Crippen molar-refractivity contribution in [3.63, 3.8) is 0 Å². The normalized spacial score (nSPS) is 13.7. The van der Waals surface area contributed by atoms with Crippen molar-refractivity contribution in [1.29, 1.82) is 0 Å². The smallest absolute Gasteiger partial charge is 0.331 e. The molecule has 164 valence electrons. The second-order valence-corrected chi connectivity index (χ2v) is 7.19. The molecule has 1 saturated heterocycles. The lowest BCUT2D eigenvalue weighted by Gasteiger charge is -2.28. The van der Waals surface area contributed by atoms with Crippen molar-refractivity contribution in [2.24, 2.45) is 0 Å². The van der Waals surface area contributed by atoms with E-state index in [0.717, 1.165) is 18.8 Å². The minimum absolute atomic E-state index is 0.364. The average Bonchev–Trinajstić information content (AvgIpc) is 2.82. The number of nitrogens with zero attached hydrogens (tertiary/aromatic N) is 1. The van der Waals surface area contributed by atoms with Crippen molar-refractivity contribution in [3.05, 3.63) is 54.1 Å². The van der Waals surface area contributed by atoms with Crippen LogP contribution in [0.4, 0.5) is 11.4 Å². The molecule has 0 radical (unpaired) electrons. The number of methoxy groups -OCH3 is 2. The molecule has 7 nitrogen and oxygen atoms in total. The lowest BCUT2D eigenvalue weighted by Crippen LogP contribution is -2.29. The monoisotopic (exact) mass is 424 g/mol. The fourth-order valence-corrected chi connectivity index (χ4v) is 3.40. The van der Waals surface area contributed by atoms with Crippen LogP contribution in [0, 0.1) is 0 Å². The molecule has 1 aliphatic rings. The number of ether oxygens (including phenoxy) is 3. The second-order valence-electron chi connectivity index (χ2n) is 7.19. The second kappa shape index (κ2) is 11.1. The number of rotatable bonds is 8. The summed E-state index contributed by atoms with van der Waals surface area (Å²) in [5, 5.41) is 2.74. The Bertz CT molecular complexity index is 918. The van der Waals surface area contributed by atoms with Gasteiger partial charge in [-0.1, -0.05) is 0 Å². The maximum Gasteiger partial charge on any atom is 0.331 e. The highest BCUT2D eigenvalue weighted by Gasteiger charge is 2.11. The van der Waals surface area contributed by atoms with Crippen LogP contribution in [-0.2, 0) is 14.3 Å². The van der Waals surface area contributed by atoms with Crippen LogP contribution in [0.15, 0.2) is 48.5 Å². The summed E-state index contributed by atoms with van der Waals surface area (Å²) >= 11 is 0. The van der Waals surface area contributed by atoms with Gasteiger partial charge in [-0.15, -0.1) is 0 Å². The number of benzene rings is 2. The fraction of sp³-hybridized carbons (Fsp3) is 0.333. The molecule has 3 rings (SSSR count). The zero-order chi connectivity index (χ0) is 22.1.